The topological polar surface area (TPSA) is 42.0 Å². The van der Waals surface area contributed by atoms with Gasteiger partial charge in [-0.05, 0) is 59.0 Å². The molecule has 0 aliphatic heterocycles. The minimum Gasteiger partial charge on any atom is -0.322 e. The van der Waals surface area contributed by atoms with Gasteiger partial charge < -0.3 is 5.32 Å². The van der Waals surface area contributed by atoms with Crippen LogP contribution in [0.5, 0.6) is 0 Å². The molecule has 2 aromatic rings. The van der Waals surface area contributed by atoms with E-state index in [9.17, 15) is 4.79 Å². The molecule has 0 saturated heterocycles. The van der Waals surface area contributed by atoms with Gasteiger partial charge in [0.25, 0.3) is 5.91 Å². The molecule has 21 heavy (non-hydrogen) atoms. The summed E-state index contributed by atoms with van der Waals surface area (Å²) in [7, 11) is 0. The van der Waals surface area contributed by atoms with Gasteiger partial charge in [0, 0.05) is 25.9 Å². The van der Waals surface area contributed by atoms with Gasteiger partial charge in [0.2, 0.25) is 0 Å². The highest BCUT2D eigenvalue weighted by Gasteiger charge is 2.19. The minimum absolute atomic E-state index is 0.164. The molecule has 1 amide bonds. The Balaban J connectivity index is 2.27. The number of hydrogen-bond donors (Lipinski definition) is 1. The van der Waals surface area contributed by atoms with Crippen molar-refractivity contribution in [2.24, 2.45) is 0 Å². The number of amides is 1. The first-order valence-electron chi connectivity index (χ1n) is 6.51. The number of benzene rings is 1. The number of nitrogens with one attached hydrogen (secondary N) is 1. The van der Waals surface area contributed by atoms with Crippen LogP contribution in [0.15, 0.2) is 36.4 Å². The van der Waals surface area contributed by atoms with Crippen LogP contribution in [0.2, 0.25) is 5.15 Å². The van der Waals surface area contributed by atoms with E-state index < -0.39 is 0 Å². The van der Waals surface area contributed by atoms with E-state index >= 15 is 0 Å². The number of rotatable bonds is 2. The Kier molecular flexibility index (Phi) is 4.88. The molecule has 1 N–H and O–H groups in total. The largest absolute Gasteiger partial charge is 0.322 e. The molecule has 0 aliphatic carbocycles. The van der Waals surface area contributed by atoms with E-state index in [2.05, 4.69) is 32.9 Å². The van der Waals surface area contributed by atoms with Crippen LogP contribution in [0.1, 0.15) is 36.8 Å². The third-order valence-corrected chi connectivity index (χ3v) is 3.84. The summed E-state index contributed by atoms with van der Waals surface area (Å²) in [6.07, 6.45) is 0. The molecular weight excluding hydrogens is 399 g/mol. The highest BCUT2D eigenvalue weighted by molar-refractivity contribution is 14.1. The minimum atomic E-state index is -0.189. The standard InChI is InChI=1S/C16H16ClIN2O/c1-16(2,3)13-8-10(9-14(17)20-13)15(21)19-12-6-4-11(18)5-7-12/h4-9H,1-3H3,(H,19,21). The first kappa shape index (κ1) is 16.2. The zero-order valence-corrected chi connectivity index (χ0v) is 15.0. The number of carbonyl (C=O) groups excluding carboxylic acids is 1. The Morgan fingerprint density at radius 2 is 1.81 bits per heavy atom. The number of nitrogens with zero attached hydrogens (tertiary/aromatic N) is 1. The number of carbonyl (C=O) groups is 1. The van der Waals surface area contributed by atoms with Crippen molar-refractivity contribution < 1.29 is 4.79 Å². The molecule has 0 atom stereocenters. The normalized spacial score (nSPS) is 11.3. The Hall–Kier alpha value is -1.14. The van der Waals surface area contributed by atoms with Gasteiger partial charge >= 0.3 is 0 Å². The fourth-order valence-corrected chi connectivity index (χ4v) is 2.32. The van der Waals surface area contributed by atoms with Crippen molar-refractivity contribution in [2.75, 3.05) is 5.32 Å². The SMILES string of the molecule is CC(C)(C)c1cc(C(=O)Nc2ccc(I)cc2)cc(Cl)n1. The summed E-state index contributed by atoms with van der Waals surface area (Å²) in [6, 6.07) is 11.0. The Morgan fingerprint density at radius 3 is 2.38 bits per heavy atom. The van der Waals surface area contributed by atoms with Crippen LogP contribution in [-0.4, -0.2) is 10.9 Å². The molecule has 0 fully saturated rings. The third-order valence-electron chi connectivity index (χ3n) is 2.93. The van der Waals surface area contributed by atoms with Crippen LogP contribution in [-0.2, 0) is 5.41 Å². The third kappa shape index (κ3) is 4.41. The summed E-state index contributed by atoms with van der Waals surface area (Å²) >= 11 is 8.25. The Labute approximate surface area is 143 Å². The zero-order valence-electron chi connectivity index (χ0n) is 12.1. The summed E-state index contributed by atoms with van der Waals surface area (Å²) in [5.74, 6) is -0.189. The van der Waals surface area contributed by atoms with Gasteiger partial charge in [-0.3, -0.25) is 4.79 Å². The fraction of sp³-hybridized carbons (Fsp3) is 0.250. The molecule has 1 heterocycles. The number of aromatic nitrogens is 1. The van der Waals surface area contributed by atoms with E-state index in [1.807, 2.05) is 45.0 Å². The molecule has 5 heteroatoms. The lowest BCUT2D eigenvalue weighted by molar-refractivity contribution is 0.102. The molecule has 0 bridgehead atoms. The number of halogens is 2. The summed E-state index contributed by atoms with van der Waals surface area (Å²) in [5, 5.41) is 3.19. The maximum Gasteiger partial charge on any atom is 0.255 e. The van der Waals surface area contributed by atoms with Gasteiger partial charge in [-0.2, -0.15) is 0 Å². The first-order valence-corrected chi connectivity index (χ1v) is 7.96. The Morgan fingerprint density at radius 1 is 1.19 bits per heavy atom. The number of hydrogen-bond acceptors (Lipinski definition) is 2. The zero-order chi connectivity index (χ0) is 15.6. The second kappa shape index (κ2) is 6.32. The lowest BCUT2D eigenvalue weighted by atomic mass is 9.91. The van der Waals surface area contributed by atoms with Crippen molar-refractivity contribution in [3.8, 4) is 0 Å². The van der Waals surface area contributed by atoms with Gasteiger partial charge in [-0.25, -0.2) is 4.98 Å². The molecule has 3 nitrogen and oxygen atoms in total. The van der Waals surface area contributed by atoms with E-state index in [0.29, 0.717) is 10.7 Å². The summed E-state index contributed by atoms with van der Waals surface area (Å²) in [6.45, 7) is 6.10. The number of anilines is 1. The molecule has 0 spiro atoms. The highest BCUT2D eigenvalue weighted by Crippen LogP contribution is 2.24. The van der Waals surface area contributed by atoms with E-state index in [1.54, 1.807) is 12.1 Å². The molecule has 0 aliphatic rings. The fourth-order valence-electron chi connectivity index (χ4n) is 1.75. The van der Waals surface area contributed by atoms with Crippen molar-refractivity contribution >= 4 is 45.8 Å². The molecule has 1 aromatic heterocycles. The van der Waals surface area contributed by atoms with E-state index in [1.165, 1.54) is 0 Å². The van der Waals surface area contributed by atoms with Crippen molar-refractivity contribution in [3.63, 3.8) is 0 Å². The van der Waals surface area contributed by atoms with E-state index in [4.69, 9.17) is 11.6 Å². The molecule has 0 radical (unpaired) electrons. The monoisotopic (exact) mass is 414 g/mol. The van der Waals surface area contributed by atoms with Gasteiger partial charge in [-0.15, -0.1) is 0 Å². The predicted molar refractivity (Wildman–Crippen MR) is 95.1 cm³/mol. The maximum atomic E-state index is 12.3. The van der Waals surface area contributed by atoms with Gasteiger partial charge in [0.15, 0.2) is 0 Å². The van der Waals surface area contributed by atoms with Crippen LogP contribution in [0, 0.1) is 3.57 Å². The van der Waals surface area contributed by atoms with Crippen molar-refractivity contribution in [1.82, 2.24) is 4.98 Å². The molecule has 1 aromatic carbocycles. The van der Waals surface area contributed by atoms with E-state index in [-0.39, 0.29) is 11.3 Å². The van der Waals surface area contributed by atoms with E-state index in [0.717, 1.165) is 15.0 Å². The van der Waals surface area contributed by atoms with Crippen LogP contribution < -0.4 is 5.32 Å². The maximum absolute atomic E-state index is 12.3. The molecule has 0 saturated carbocycles. The quantitative estimate of drug-likeness (QED) is 0.561. The molecular formula is C16H16ClIN2O. The second-order valence-electron chi connectivity index (χ2n) is 5.77. The lowest BCUT2D eigenvalue weighted by Crippen LogP contribution is -2.17. The highest BCUT2D eigenvalue weighted by atomic mass is 127. The second-order valence-corrected chi connectivity index (χ2v) is 7.41. The van der Waals surface area contributed by atoms with Crippen molar-refractivity contribution in [1.29, 1.82) is 0 Å². The van der Waals surface area contributed by atoms with Gasteiger partial charge in [-0.1, -0.05) is 32.4 Å². The van der Waals surface area contributed by atoms with Crippen LogP contribution in [0.25, 0.3) is 0 Å². The number of pyridine rings is 1. The average Bonchev–Trinajstić information content (AvgIpc) is 2.39. The van der Waals surface area contributed by atoms with Gasteiger partial charge in [0.05, 0.1) is 0 Å². The van der Waals surface area contributed by atoms with Crippen LogP contribution in [0.3, 0.4) is 0 Å². The smallest absolute Gasteiger partial charge is 0.255 e. The summed E-state index contributed by atoms with van der Waals surface area (Å²) in [4.78, 5) is 16.6. The van der Waals surface area contributed by atoms with Gasteiger partial charge in [0.1, 0.15) is 5.15 Å². The summed E-state index contributed by atoms with van der Waals surface area (Å²) in [5.41, 5.74) is 1.90. The predicted octanol–water partition coefficient (Wildman–Crippen LogP) is 4.89. The van der Waals surface area contributed by atoms with Crippen LogP contribution in [0.4, 0.5) is 5.69 Å². The van der Waals surface area contributed by atoms with Crippen molar-refractivity contribution in [2.45, 2.75) is 26.2 Å². The summed E-state index contributed by atoms with van der Waals surface area (Å²) < 4.78 is 1.12. The van der Waals surface area contributed by atoms with Crippen LogP contribution >= 0.6 is 34.2 Å². The average molecular weight is 415 g/mol. The Bertz CT molecular complexity index is 663. The first-order chi connectivity index (χ1) is 9.75. The lowest BCUT2D eigenvalue weighted by Gasteiger charge is -2.18. The molecule has 2 rings (SSSR count). The van der Waals surface area contributed by atoms with Crippen molar-refractivity contribution in [3.05, 3.63) is 56.4 Å². The molecule has 0 unspecified atom stereocenters. The molecule has 110 valence electrons.